The molecule has 0 unspecified atom stereocenters. The molecule has 1 saturated carbocycles. The smallest absolute Gasteiger partial charge is 0.410 e. The maximum atomic E-state index is 12.8. The van der Waals surface area contributed by atoms with Crippen molar-refractivity contribution in [2.45, 2.75) is 37.6 Å². The summed E-state index contributed by atoms with van der Waals surface area (Å²) in [5.41, 5.74) is 5.04. The molecule has 0 heterocycles. The maximum absolute atomic E-state index is 12.8. The number of benzene rings is 1. The monoisotopic (exact) mass is 338 g/mol. The van der Waals surface area contributed by atoms with Crippen LogP contribution in [-0.4, -0.2) is 37.0 Å². The summed E-state index contributed by atoms with van der Waals surface area (Å²) in [4.78, 5) is 26.6. The van der Waals surface area contributed by atoms with Gasteiger partial charge >= 0.3 is 6.09 Å². The second-order valence-corrected chi connectivity index (χ2v) is 6.19. The number of hydrogen-bond donors (Lipinski definition) is 1. The average molecular weight is 339 g/mol. The number of Topliss-reactive ketones (excluding diaryl/α,β-unsaturated/α-hetero) is 1. The van der Waals surface area contributed by atoms with Crippen LogP contribution in [0.15, 0.2) is 24.3 Å². The fraction of sp³-hybridized carbons (Fsp3) is 0.529. The third-order valence-electron chi connectivity index (χ3n) is 4.39. The van der Waals surface area contributed by atoms with Gasteiger partial charge in [-0.25, -0.2) is 4.79 Å². The summed E-state index contributed by atoms with van der Waals surface area (Å²) in [6.45, 7) is 0.693. The quantitative estimate of drug-likeness (QED) is 0.837. The largest absolute Gasteiger partial charge is 0.449 e. The minimum atomic E-state index is -1.05. The Balaban J connectivity index is 2.36. The Bertz CT molecular complexity index is 579. The highest BCUT2D eigenvalue weighted by atomic mass is 35.5. The Morgan fingerprint density at radius 1 is 1.39 bits per heavy atom. The van der Waals surface area contributed by atoms with Crippen molar-refractivity contribution in [3.8, 4) is 0 Å². The highest BCUT2D eigenvalue weighted by molar-refractivity contribution is 6.31. The lowest BCUT2D eigenvalue weighted by Gasteiger charge is -2.43. The van der Waals surface area contributed by atoms with Crippen LogP contribution in [0.2, 0.25) is 5.02 Å². The molecule has 2 rings (SSSR count). The molecule has 0 spiro atoms. The van der Waals surface area contributed by atoms with Gasteiger partial charge in [0.2, 0.25) is 0 Å². The predicted octanol–water partition coefficient (Wildman–Crippen LogP) is 3.10. The van der Waals surface area contributed by atoms with E-state index in [0.717, 1.165) is 12.8 Å². The number of nitrogens with two attached hydrogens (primary N) is 1. The van der Waals surface area contributed by atoms with Crippen LogP contribution in [-0.2, 0) is 15.1 Å². The summed E-state index contributed by atoms with van der Waals surface area (Å²) < 4.78 is 5.24. The standard InChI is InChI=1S/C17H23ClN2O3/c1-20(16(22)23-12-6-11-19)17(10-5-4-9-15(17)21)13-7-2-3-8-14(13)18/h2-3,7-8H,4-6,9-12,19H2,1H3/t17-/m0/s1. The normalized spacial score (nSPS) is 21.1. The zero-order valence-corrected chi connectivity index (χ0v) is 14.1. The molecule has 1 atom stereocenters. The minimum absolute atomic E-state index is 0.00937. The summed E-state index contributed by atoms with van der Waals surface area (Å²) in [5, 5.41) is 0.490. The molecule has 1 aromatic carbocycles. The van der Waals surface area contributed by atoms with Crippen LogP contribution < -0.4 is 5.73 Å². The van der Waals surface area contributed by atoms with Crippen molar-refractivity contribution in [3.05, 3.63) is 34.9 Å². The third kappa shape index (κ3) is 3.51. The van der Waals surface area contributed by atoms with Crippen molar-refractivity contribution in [2.75, 3.05) is 20.2 Å². The Labute approximate surface area is 141 Å². The van der Waals surface area contributed by atoms with E-state index >= 15 is 0 Å². The van der Waals surface area contributed by atoms with Gasteiger partial charge < -0.3 is 10.5 Å². The second kappa shape index (κ2) is 7.79. The Kier molecular flexibility index (Phi) is 6.02. The van der Waals surface area contributed by atoms with Gasteiger partial charge in [0.25, 0.3) is 0 Å². The highest BCUT2D eigenvalue weighted by Gasteiger charge is 2.48. The van der Waals surface area contributed by atoms with Gasteiger partial charge in [-0.05, 0) is 38.3 Å². The van der Waals surface area contributed by atoms with Crippen LogP contribution >= 0.6 is 11.6 Å². The zero-order valence-electron chi connectivity index (χ0n) is 13.4. The Morgan fingerprint density at radius 3 is 2.78 bits per heavy atom. The lowest BCUT2D eigenvalue weighted by Crippen LogP contribution is -2.54. The van der Waals surface area contributed by atoms with Gasteiger partial charge in [0.15, 0.2) is 5.78 Å². The van der Waals surface area contributed by atoms with E-state index in [4.69, 9.17) is 22.1 Å². The lowest BCUT2D eigenvalue weighted by molar-refractivity contribution is -0.133. The van der Waals surface area contributed by atoms with E-state index in [2.05, 4.69) is 0 Å². The summed E-state index contributed by atoms with van der Waals surface area (Å²) in [7, 11) is 1.61. The second-order valence-electron chi connectivity index (χ2n) is 5.79. The molecule has 126 valence electrons. The predicted molar refractivity (Wildman–Crippen MR) is 89.4 cm³/mol. The first-order chi connectivity index (χ1) is 11.0. The molecular formula is C17H23ClN2O3. The van der Waals surface area contributed by atoms with E-state index in [1.54, 1.807) is 13.1 Å². The molecule has 1 aliphatic rings. The molecule has 0 aliphatic heterocycles. The first kappa shape index (κ1) is 17.8. The van der Waals surface area contributed by atoms with Gasteiger partial charge in [-0.2, -0.15) is 0 Å². The number of nitrogens with zero attached hydrogens (tertiary/aromatic N) is 1. The van der Waals surface area contributed by atoms with Gasteiger partial charge in [-0.1, -0.05) is 29.8 Å². The highest BCUT2D eigenvalue weighted by Crippen LogP contribution is 2.42. The van der Waals surface area contributed by atoms with Gasteiger partial charge in [-0.3, -0.25) is 9.69 Å². The summed E-state index contributed by atoms with van der Waals surface area (Å²) in [6.07, 6.45) is 2.75. The molecule has 23 heavy (non-hydrogen) atoms. The Hall–Kier alpha value is -1.59. The van der Waals surface area contributed by atoms with E-state index < -0.39 is 11.6 Å². The van der Waals surface area contributed by atoms with Gasteiger partial charge in [0, 0.05) is 24.1 Å². The molecule has 1 fully saturated rings. The van der Waals surface area contributed by atoms with Crippen molar-refractivity contribution >= 4 is 23.5 Å². The molecule has 1 amide bonds. The van der Waals surface area contributed by atoms with E-state index in [1.165, 1.54) is 4.90 Å². The molecule has 0 saturated heterocycles. The van der Waals surface area contributed by atoms with Gasteiger partial charge in [0.05, 0.1) is 6.61 Å². The molecule has 0 aromatic heterocycles. The van der Waals surface area contributed by atoms with E-state index in [9.17, 15) is 9.59 Å². The summed E-state index contributed by atoms with van der Waals surface area (Å²) in [5.74, 6) is 0.00937. The fourth-order valence-electron chi connectivity index (χ4n) is 3.12. The summed E-state index contributed by atoms with van der Waals surface area (Å²) in [6, 6.07) is 7.20. The number of carbonyl (C=O) groups is 2. The van der Waals surface area contributed by atoms with Crippen molar-refractivity contribution in [1.29, 1.82) is 0 Å². The minimum Gasteiger partial charge on any atom is -0.449 e. The number of ketones is 1. The maximum Gasteiger partial charge on any atom is 0.410 e. The van der Waals surface area contributed by atoms with Gasteiger partial charge in [-0.15, -0.1) is 0 Å². The first-order valence-corrected chi connectivity index (χ1v) is 8.31. The van der Waals surface area contributed by atoms with E-state index in [-0.39, 0.29) is 12.4 Å². The Morgan fingerprint density at radius 2 is 2.13 bits per heavy atom. The van der Waals surface area contributed by atoms with Crippen molar-refractivity contribution in [3.63, 3.8) is 0 Å². The van der Waals surface area contributed by atoms with Crippen LogP contribution in [0, 0.1) is 0 Å². The number of carbonyl (C=O) groups excluding carboxylic acids is 2. The number of amides is 1. The molecule has 0 bridgehead atoms. The van der Waals surface area contributed by atoms with Crippen LogP contribution in [0.3, 0.4) is 0 Å². The SMILES string of the molecule is CN(C(=O)OCCCN)[C@]1(c2ccccc2Cl)CCCCC1=O. The molecule has 5 nitrogen and oxygen atoms in total. The number of halogens is 1. The van der Waals surface area contributed by atoms with Crippen LogP contribution in [0.5, 0.6) is 0 Å². The number of rotatable bonds is 5. The average Bonchev–Trinajstić information content (AvgIpc) is 2.56. The zero-order chi connectivity index (χ0) is 16.9. The number of likely N-dealkylation sites (N-methyl/N-ethyl adjacent to an activating group) is 1. The van der Waals surface area contributed by atoms with Crippen LogP contribution in [0.1, 0.15) is 37.7 Å². The fourth-order valence-corrected chi connectivity index (χ4v) is 3.42. The summed E-state index contributed by atoms with van der Waals surface area (Å²) >= 11 is 6.34. The van der Waals surface area contributed by atoms with Crippen molar-refractivity contribution < 1.29 is 14.3 Å². The topological polar surface area (TPSA) is 72.6 Å². The van der Waals surface area contributed by atoms with Crippen LogP contribution in [0.25, 0.3) is 0 Å². The van der Waals surface area contributed by atoms with Crippen molar-refractivity contribution in [1.82, 2.24) is 4.90 Å². The molecular weight excluding hydrogens is 316 g/mol. The third-order valence-corrected chi connectivity index (χ3v) is 4.72. The molecule has 1 aromatic rings. The van der Waals surface area contributed by atoms with E-state index in [0.29, 0.717) is 36.4 Å². The van der Waals surface area contributed by atoms with E-state index in [1.807, 2.05) is 18.2 Å². The van der Waals surface area contributed by atoms with Crippen molar-refractivity contribution in [2.24, 2.45) is 5.73 Å². The first-order valence-electron chi connectivity index (χ1n) is 7.93. The number of ether oxygens (including phenoxy) is 1. The van der Waals surface area contributed by atoms with Gasteiger partial charge in [0.1, 0.15) is 5.54 Å². The number of hydrogen-bond acceptors (Lipinski definition) is 4. The molecule has 6 heteroatoms. The lowest BCUT2D eigenvalue weighted by atomic mass is 9.74. The molecule has 0 radical (unpaired) electrons. The molecule has 1 aliphatic carbocycles. The van der Waals surface area contributed by atoms with Crippen LogP contribution in [0.4, 0.5) is 4.79 Å². The molecule has 2 N–H and O–H groups in total.